The fraction of sp³-hybridized carbons (Fsp3) is 0.318. The van der Waals surface area contributed by atoms with Gasteiger partial charge in [0.25, 0.3) is 0 Å². The van der Waals surface area contributed by atoms with Gasteiger partial charge in [0.05, 0.1) is 23.2 Å². The van der Waals surface area contributed by atoms with Crippen LogP contribution in [0, 0.1) is 23.1 Å². The lowest BCUT2D eigenvalue weighted by molar-refractivity contribution is -0.136. The Morgan fingerprint density at radius 3 is 2.61 bits per heavy atom. The van der Waals surface area contributed by atoms with Crippen LogP contribution in [0.15, 0.2) is 48.5 Å². The summed E-state index contributed by atoms with van der Waals surface area (Å²) in [7, 11) is 0. The lowest BCUT2D eigenvalue weighted by Gasteiger charge is -2.25. The van der Waals surface area contributed by atoms with Crippen molar-refractivity contribution in [1.82, 2.24) is 4.90 Å². The van der Waals surface area contributed by atoms with Gasteiger partial charge < -0.3 is 9.80 Å². The van der Waals surface area contributed by atoms with Crippen LogP contribution in [-0.4, -0.2) is 29.8 Å². The van der Waals surface area contributed by atoms with Gasteiger partial charge in [0, 0.05) is 26.1 Å². The predicted molar refractivity (Wildman–Crippen MR) is 104 cm³/mol. The molecule has 0 N–H and O–H groups in total. The van der Waals surface area contributed by atoms with E-state index in [9.17, 15) is 14.0 Å². The number of carbonyl (C=O) groups excluding carboxylic acids is 2. The van der Waals surface area contributed by atoms with Crippen molar-refractivity contribution in [3.8, 4) is 6.07 Å². The van der Waals surface area contributed by atoms with Gasteiger partial charge in [0.1, 0.15) is 5.82 Å². The van der Waals surface area contributed by atoms with Crippen LogP contribution < -0.4 is 4.90 Å². The Morgan fingerprint density at radius 1 is 1.25 bits per heavy atom. The Morgan fingerprint density at radius 2 is 1.96 bits per heavy atom. The molecule has 3 rings (SSSR count). The standard InChI is InChI=1S/C22H22FN3O2/c1-2-11-25(14-17-9-7-16(13-24)8-10-17)22(28)18-12-21(27)26(15-18)20-6-4-3-5-19(20)23/h3-10,18H,2,11-12,14-15H2,1H3. The van der Waals surface area contributed by atoms with E-state index in [2.05, 4.69) is 6.07 Å². The maximum absolute atomic E-state index is 14.1. The molecule has 1 aliphatic rings. The SMILES string of the molecule is CCCN(Cc1ccc(C#N)cc1)C(=O)C1CC(=O)N(c2ccccc2F)C1. The van der Waals surface area contributed by atoms with Gasteiger partial charge in [-0.05, 0) is 36.2 Å². The maximum Gasteiger partial charge on any atom is 0.228 e. The first-order chi connectivity index (χ1) is 13.5. The molecule has 0 saturated carbocycles. The molecule has 1 atom stereocenters. The van der Waals surface area contributed by atoms with Crippen molar-refractivity contribution in [2.75, 3.05) is 18.0 Å². The van der Waals surface area contributed by atoms with E-state index in [1.165, 1.54) is 11.0 Å². The zero-order valence-electron chi connectivity index (χ0n) is 15.8. The summed E-state index contributed by atoms with van der Waals surface area (Å²) in [5.41, 5.74) is 1.71. The van der Waals surface area contributed by atoms with Crippen LogP contribution in [0.4, 0.5) is 10.1 Å². The number of hydrogen-bond acceptors (Lipinski definition) is 3. The quantitative estimate of drug-likeness (QED) is 0.772. The van der Waals surface area contributed by atoms with Crippen LogP contribution >= 0.6 is 0 Å². The van der Waals surface area contributed by atoms with Crippen molar-refractivity contribution >= 4 is 17.5 Å². The van der Waals surface area contributed by atoms with E-state index in [0.717, 1.165) is 12.0 Å². The van der Waals surface area contributed by atoms with Crippen LogP contribution in [-0.2, 0) is 16.1 Å². The van der Waals surface area contributed by atoms with Crippen LogP contribution in [0.3, 0.4) is 0 Å². The predicted octanol–water partition coefficient (Wildman–Crippen LogP) is 3.49. The van der Waals surface area contributed by atoms with Crippen molar-refractivity contribution in [3.05, 3.63) is 65.5 Å². The van der Waals surface area contributed by atoms with Crippen LogP contribution in [0.1, 0.15) is 30.9 Å². The number of halogens is 1. The average Bonchev–Trinajstić information content (AvgIpc) is 3.09. The highest BCUT2D eigenvalue weighted by atomic mass is 19.1. The van der Waals surface area contributed by atoms with Crippen molar-refractivity contribution in [2.45, 2.75) is 26.3 Å². The molecule has 1 aliphatic heterocycles. The molecule has 0 spiro atoms. The van der Waals surface area contributed by atoms with Gasteiger partial charge in [0.2, 0.25) is 11.8 Å². The van der Waals surface area contributed by atoms with Gasteiger partial charge in [-0.1, -0.05) is 31.2 Å². The highest BCUT2D eigenvalue weighted by Gasteiger charge is 2.37. The number of nitrogens with zero attached hydrogens (tertiary/aromatic N) is 3. The van der Waals surface area contributed by atoms with Crippen LogP contribution in [0.5, 0.6) is 0 Å². The maximum atomic E-state index is 14.1. The number of nitriles is 1. The number of anilines is 1. The second kappa shape index (κ2) is 8.66. The summed E-state index contributed by atoms with van der Waals surface area (Å²) in [6.07, 6.45) is 0.875. The molecule has 144 valence electrons. The topological polar surface area (TPSA) is 64.4 Å². The number of rotatable bonds is 6. The smallest absolute Gasteiger partial charge is 0.228 e. The molecule has 1 fully saturated rings. The van der Waals surface area contributed by atoms with Crippen molar-refractivity contribution in [1.29, 1.82) is 5.26 Å². The Balaban J connectivity index is 1.73. The molecule has 1 saturated heterocycles. The number of hydrogen-bond donors (Lipinski definition) is 0. The van der Waals surface area contributed by atoms with E-state index in [0.29, 0.717) is 18.7 Å². The number of para-hydroxylation sites is 1. The summed E-state index contributed by atoms with van der Waals surface area (Å²) in [5, 5.41) is 8.91. The van der Waals surface area contributed by atoms with E-state index in [-0.39, 0.29) is 30.5 Å². The molecule has 5 nitrogen and oxygen atoms in total. The second-order valence-corrected chi connectivity index (χ2v) is 6.93. The molecule has 2 aromatic rings. The Labute approximate surface area is 164 Å². The summed E-state index contributed by atoms with van der Waals surface area (Å²) in [6.45, 7) is 3.17. The largest absolute Gasteiger partial charge is 0.338 e. The van der Waals surface area contributed by atoms with Gasteiger partial charge >= 0.3 is 0 Å². The van der Waals surface area contributed by atoms with E-state index >= 15 is 0 Å². The van der Waals surface area contributed by atoms with Gasteiger partial charge in [-0.3, -0.25) is 9.59 Å². The first kappa shape index (κ1) is 19.6. The number of amides is 2. The molecule has 28 heavy (non-hydrogen) atoms. The fourth-order valence-corrected chi connectivity index (χ4v) is 3.48. The Hall–Kier alpha value is -3.20. The van der Waals surface area contributed by atoms with Gasteiger partial charge in [-0.25, -0.2) is 4.39 Å². The summed E-state index contributed by atoms with van der Waals surface area (Å²) in [4.78, 5) is 28.6. The van der Waals surface area contributed by atoms with Crippen LogP contribution in [0.2, 0.25) is 0 Å². The van der Waals surface area contributed by atoms with Crippen molar-refractivity contribution < 1.29 is 14.0 Å². The normalized spacial score (nSPS) is 16.1. The Kier molecular flexibility index (Phi) is 6.05. The molecular weight excluding hydrogens is 357 g/mol. The summed E-state index contributed by atoms with van der Waals surface area (Å²) in [6, 6.07) is 15.3. The number of carbonyl (C=O) groups is 2. The third-order valence-corrected chi connectivity index (χ3v) is 4.88. The summed E-state index contributed by atoms with van der Waals surface area (Å²) < 4.78 is 14.1. The van der Waals surface area contributed by atoms with Crippen LogP contribution in [0.25, 0.3) is 0 Å². The average molecular weight is 379 g/mol. The van der Waals surface area contributed by atoms with E-state index in [1.807, 2.05) is 19.1 Å². The van der Waals surface area contributed by atoms with Gasteiger partial charge in [0.15, 0.2) is 0 Å². The lowest BCUT2D eigenvalue weighted by Crippen LogP contribution is -2.37. The zero-order valence-corrected chi connectivity index (χ0v) is 15.8. The molecule has 6 heteroatoms. The first-order valence-corrected chi connectivity index (χ1v) is 9.36. The minimum atomic E-state index is -0.489. The molecule has 0 aromatic heterocycles. The van der Waals surface area contributed by atoms with E-state index in [4.69, 9.17) is 5.26 Å². The highest BCUT2D eigenvalue weighted by Crippen LogP contribution is 2.28. The van der Waals surface area contributed by atoms with Gasteiger partial charge in [-0.15, -0.1) is 0 Å². The summed E-state index contributed by atoms with van der Waals surface area (Å²) >= 11 is 0. The third-order valence-electron chi connectivity index (χ3n) is 4.88. The molecule has 1 unspecified atom stereocenters. The molecule has 2 amide bonds. The lowest BCUT2D eigenvalue weighted by atomic mass is 10.1. The molecule has 2 aromatic carbocycles. The minimum absolute atomic E-state index is 0.0841. The number of benzene rings is 2. The monoisotopic (exact) mass is 379 g/mol. The van der Waals surface area contributed by atoms with E-state index < -0.39 is 11.7 Å². The minimum Gasteiger partial charge on any atom is -0.338 e. The molecule has 0 radical (unpaired) electrons. The van der Waals surface area contributed by atoms with E-state index in [1.54, 1.807) is 35.2 Å². The molecular formula is C22H22FN3O2. The first-order valence-electron chi connectivity index (χ1n) is 9.36. The molecule has 0 bridgehead atoms. The third kappa shape index (κ3) is 4.20. The van der Waals surface area contributed by atoms with Crippen molar-refractivity contribution in [3.63, 3.8) is 0 Å². The van der Waals surface area contributed by atoms with Gasteiger partial charge in [-0.2, -0.15) is 5.26 Å². The highest BCUT2D eigenvalue weighted by molar-refractivity contribution is 6.00. The fourth-order valence-electron chi connectivity index (χ4n) is 3.48. The summed E-state index contributed by atoms with van der Waals surface area (Å²) in [5.74, 6) is -1.29. The Bertz CT molecular complexity index is 905. The van der Waals surface area contributed by atoms with Crippen molar-refractivity contribution in [2.24, 2.45) is 5.92 Å². The molecule has 1 heterocycles. The molecule has 0 aliphatic carbocycles. The zero-order chi connectivity index (χ0) is 20.1. The second-order valence-electron chi connectivity index (χ2n) is 6.93.